The summed E-state index contributed by atoms with van der Waals surface area (Å²) < 4.78 is 5.25. The molecule has 0 saturated carbocycles. The van der Waals surface area contributed by atoms with Gasteiger partial charge in [0.05, 0.1) is 19.1 Å². The number of methoxy groups -OCH3 is 1. The first kappa shape index (κ1) is 19.2. The maximum Gasteiger partial charge on any atom is 0.232 e. The lowest BCUT2D eigenvalue weighted by molar-refractivity contribution is -0.143. The van der Waals surface area contributed by atoms with Crippen LogP contribution in [0.1, 0.15) is 30.0 Å². The van der Waals surface area contributed by atoms with Gasteiger partial charge in [-0.25, -0.2) is 0 Å². The van der Waals surface area contributed by atoms with Crippen LogP contribution in [-0.4, -0.2) is 18.9 Å². The number of fused-ring (bicyclic) bond motifs is 1. The van der Waals surface area contributed by atoms with Crippen LogP contribution in [0.15, 0.2) is 60.7 Å². The smallest absolute Gasteiger partial charge is 0.232 e. The van der Waals surface area contributed by atoms with Crippen LogP contribution in [0.4, 0.5) is 5.69 Å². The molecule has 1 unspecified atom stereocenters. The summed E-state index contributed by atoms with van der Waals surface area (Å²) in [4.78, 5) is 25.4. The van der Waals surface area contributed by atoms with E-state index in [9.17, 15) is 9.59 Å². The number of nitrogens with one attached hydrogen (secondary N) is 2. The van der Waals surface area contributed by atoms with Crippen molar-refractivity contribution in [1.82, 2.24) is 5.32 Å². The Morgan fingerprint density at radius 3 is 2.45 bits per heavy atom. The van der Waals surface area contributed by atoms with Gasteiger partial charge in [0.25, 0.3) is 0 Å². The fourth-order valence-electron chi connectivity index (χ4n) is 4.40. The Kier molecular flexibility index (Phi) is 5.38. The molecule has 4 atom stereocenters. The fourth-order valence-corrected chi connectivity index (χ4v) is 4.40. The number of carbonyl (C=O) groups excluding carboxylic acids is 2. The van der Waals surface area contributed by atoms with E-state index in [0.717, 1.165) is 35.4 Å². The normalized spacial score (nSPS) is 24.4. The lowest BCUT2D eigenvalue weighted by Crippen LogP contribution is -2.54. The number of carbonyl (C=O) groups is 2. The van der Waals surface area contributed by atoms with Crippen molar-refractivity contribution in [1.29, 1.82) is 0 Å². The van der Waals surface area contributed by atoms with Gasteiger partial charge in [0, 0.05) is 17.5 Å². The number of anilines is 1. The monoisotopic (exact) mass is 390 g/mol. The van der Waals surface area contributed by atoms with Gasteiger partial charge in [-0.3, -0.25) is 14.9 Å². The third kappa shape index (κ3) is 3.90. The van der Waals surface area contributed by atoms with E-state index in [-0.39, 0.29) is 35.6 Å². The van der Waals surface area contributed by atoms with Crippen LogP contribution < -0.4 is 15.4 Å². The van der Waals surface area contributed by atoms with Crippen molar-refractivity contribution >= 4 is 17.5 Å². The second-order valence-corrected chi connectivity index (χ2v) is 7.83. The van der Waals surface area contributed by atoms with E-state index in [2.05, 4.69) is 47.1 Å². The van der Waals surface area contributed by atoms with Gasteiger partial charge in [-0.1, -0.05) is 42.0 Å². The van der Waals surface area contributed by atoms with Crippen molar-refractivity contribution in [3.8, 4) is 5.75 Å². The Morgan fingerprint density at radius 2 is 1.76 bits per heavy atom. The first-order valence-electron chi connectivity index (χ1n) is 10.1. The summed E-state index contributed by atoms with van der Waals surface area (Å²) in [6.45, 7) is 2.04. The number of benzene rings is 2. The van der Waals surface area contributed by atoms with E-state index in [1.54, 1.807) is 7.11 Å². The quantitative estimate of drug-likeness (QED) is 0.598. The highest BCUT2D eigenvalue weighted by atomic mass is 16.5. The number of imide groups is 1. The molecule has 2 aliphatic rings. The van der Waals surface area contributed by atoms with E-state index < -0.39 is 0 Å². The van der Waals surface area contributed by atoms with Gasteiger partial charge in [0.15, 0.2) is 0 Å². The standard InChI is InChI=1S/C24H26N2O3/c1-15-7-9-16(10-8-15)22(25-17-11-13-18(29-2)14-12-17)21-19-5-3-4-6-20(19)23(27)26-24(21)28/h3,5,7-14,19-22,25H,4,6H2,1-2H3,(H,26,27,28)/t19-,20?,21+,22+/m0/s1. The zero-order valence-corrected chi connectivity index (χ0v) is 16.7. The molecular weight excluding hydrogens is 364 g/mol. The van der Waals surface area contributed by atoms with Crippen molar-refractivity contribution in [2.75, 3.05) is 12.4 Å². The molecule has 2 N–H and O–H groups in total. The van der Waals surface area contributed by atoms with Crippen LogP contribution in [0, 0.1) is 24.7 Å². The third-order valence-electron chi connectivity index (χ3n) is 5.98. The molecule has 1 saturated heterocycles. The predicted molar refractivity (Wildman–Crippen MR) is 113 cm³/mol. The maximum absolute atomic E-state index is 13.0. The van der Waals surface area contributed by atoms with E-state index in [4.69, 9.17) is 4.74 Å². The second kappa shape index (κ2) is 8.11. The lowest BCUT2D eigenvalue weighted by Gasteiger charge is -2.41. The largest absolute Gasteiger partial charge is 0.497 e. The average Bonchev–Trinajstić information content (AvgIpc) is 2.74. The highest BCUT2D eigenvalue weighted by molar-refractivity contribution is 6.01. The SMILES string of the molecule is COc1ccc(N[C@H](c2ccc(C)cc2)[C@@H]2C(=O)NC(=O)C3CCC=C[C@@H]32)cc1. The maximum atomic E-state index is 13.0. The number of hydrogen-bond acceptors (Lipinski definition) is 4. The highest BCUT2D eigenvalue weighted by Gasteiger charge is 2.46. The molecule has 2 amide bonds. The molecule has 150 valence electrons. The molecule has 0 radical (unpaired) electrons. The predicted octanol–water partition coefficient (Wildman–Crippen LogP) is 4.01. The van der Waals surface area contributed by atoms with Crippen molar-refractivity contribution in [2.24, 2.45) is 17.8 Å². The number of allylic oxidation sites excluding steroid dienone is 2. The van der Waals surface area contributed by atoms with Crippen molar-refractivity contribution in [2.45, 2.75) is 25.8 Å². The summed E-state index contributed by atoms with van der Waals surface area (Å²) in [5.74, 6) is -0.227. The zero-order valence-electron chi connectivity index (χ0n) is 16.7. The molecule has 2 aromatic carbocycles. The van der Waals surface area contributed by atoms with Crippen LogP contribution >= 0.6 is 0 Å². The average molecular weight is 390 g/mol. The van der Waals surface area contributed by atoms with Crippen LogP contribution in [-0.2, 0) is 9.59 Å². The van der Waals surface area contributed by atoms with Crippen molar-refractivity contribution in [3.05, 3.63) is 71.8 Å². The van der Waals surface area contributed by atoms with E-state index in [1.165, 1.54) is 0 Å². The third-order valence-corrected chi connectivity index (χ3v) is 5.98. The molecular formula is C24H26N2O3. The van der Waals surface area contributed by atoms with Crippen molar-refractivity contribution in [3.63, 3.8) is 0 Å². The van der Waals surface area contributed by atoms with Crippen LogP contribution in [0.5, 0.6) is 5.75 Å². The molecule has 2 aromatic rings. The highest BCUT2D eigenvalue weighted by Crippen LogP contribution is 2.42. The molecule has 5 heteroatoms. The number of aryl methyl sites for hydroxylation is 1. The molecule has 1 aliphatic heterocycles. The minimum Gasteiger partial charge on any atom is -0.497 e. The van der Waals surface area contributed by atoms with E-state index >= 15 is 0 Å². The van der Waals surface area contributed by atoms with Gasteiger partial charge in [-0.05, 0) is 49.6 Å². The zero-order chi connectivity index (χ0) is 20.4. The minimum absolute atomic E-state index is 0.109. The molecule has 4 rings (SSSR count). The number of amides is 2. The van der Waals surface area contributed by atoms with Crippen LogP contribution in [0.2, 0.25) is 0 Å². The summed E-state index contributed by atoms with van der Waals surface area (Å²) >= 11 is 0. The molecule has 5 nitrogen and oxygen atoms in total. The Morgan fingerprint density at radius 1 is 1.03 bits per heavy atom. The number of ether oxygens (including phenoxy) is 1. The first-order valence-corrected chi connectivity index (χ1v) is 10.1. The summed E-state index contributed by atoms with van der Waals surface area (Å²) in [5, 5.41) is 6.17. The molecule has 0 bridgehead atoms. The number of piperidine rings is 1. The topological polar surface area (TPSA) is 67.4 Å². The summed E-state index contributed by atoms with van der Waals surface area (Å²) in [6, 6.07) is 15.6. The summed E-state index contributed by atoms with van der Waals surface area (Å²) in [5.41, 5.74) is 3.09. The Hall–Kier alpha value is -3.08. The van der Waals surface area contributed by atoms with Gasteiger partial charge < -0.3 is 10.1 Å². The van der Waals surface area contributed by atoms with Crippen LogP contribution in [0.25, 0.3) is 0 Å². The van der Waals surface area contributed by atoms with E-state index in [1.807, 2.05) is 31.2 Å². The second-order valence-electron chi connectivity index (χ2n) is 7.83. The Bertz CT molecular complexity index is 918. The minimum atomic E-state index is -0.376. The number of rotatable bonds is 5. The Labute approximate surface area is 171 Å². The molecule has 1 heterocycles. The summed E-state index contributed by atoms with van der Waals surface area (Å²) in [7, 11) is 1.64. The van der Waals surface area contributed by atoms with Gasteiger partial charge in [-0.15, -0.1) is 0 Å². The first-order chi connectivity index (χ1) is 14.1. The van der Waals surface area contributed by atoms with Gasteiger partial charge in [-0.2, -0.15) is 0 Å². The molecule has 29 heavy (non-hydrogen) atoms. The van der Waals surface area contributed by atoms with Gasteiger partial charge >= 0.3 is 0 Å². The molecule has 1 fully saturated rings. The fraction of sp³-hybridized carbons (Fsp3) is 0.333. The van der Waals surface area contributed by atoms with Gasteiger partial charge in [0.2, 0.25) is 11.8 Å². The van der Waals surface area contributed by atoms with Crippen molar-refractivity contribution < 1.29 is 14.3 Å². The number of hydrogen-bond donors (Lipinski definition) is 2. The van der Waals surface area contributed by atoms with Crippen LogP contribution in [0.3, 0.4) is 0 Å². The lowest BCUT2D eigenvalue weighted by atomic mass is 9.69. The summed E-state index contributed by atoms with van der Waals surface area (Å²) in [6.07, 6.45) is 5.81. The van der Waals surface area contributed by atoms with Gasteiger partial charge in [0.1, 0.15) is 5.75 Å². The molecule has 0 spiro atoms. The molecule has 0 aromatic heterocycles. The van der Waals surface area contributed by atoms with E-state index in [0.29, 0.717) is 0 Å². The molecule has 1 aliphatic carbocycles. The Balaban J connectivity index is 1.72.